The molecule has 4 atom stereocenters. The van der Waals surface area contributed by atoms with E-state index in [0.29, 0.717) is 17.9 Å². The van der Waals surface area contributed by atoms with Gasteiger partial charge in [-0.1, -0.05) is 43.2 Å². The van der Waals surface area contributed by atoms with Crippen LogP contribution < -0.4 is 0 Å². The number of aldehydes is 1. The van der Waals surface area contributed by atoms with Gasteiger partial charge in [-0.2, -0.15) is 0 Å². The fraction of sp³-hybridized carbons (Fsp3) is 0.593. The van der Waals surface area contributed by atoms with Crippen molar-refractivity contribution in [3.63, 3.8) is 0 Å². The Morgan fingerprint density at radius 3 is 2.64 bits per heavy atom. The Balaban J connectivity index is 1.87. The second kappa shape index (κ2) is 12.1. The molecule has 0 spiro atoms. The van der Waals surface area contributed by atoms with Crippen LogP contribution in [-0.4, -0.2) is 35.7 Å². The van der Waals surface area contributed by atoms with Gasteiger partial charge in [-0.05, 0) is 75.7 Å². The van der Waals surface area contributed by atoms with Crippen LogP contribution in [0.1, 0.15) is 79.1 Å². The molecule has 2 aliphatic rings. The summed E-state index contributed by atoms with van der Waals surface area (Å²) in [4.78, 5) is 34.1. The van der Waals surface area contributed by atoms with Crippen LogP contribution in [0.3, 0.4) is 0 Å². The van der Waals surface area contributed by atoms with Gasteiger partial charge in [-0.15, -0.1) is 0 Å². The summed E-state index contributed by atoms with van der Waals surface area (Å²) < 4.78 is 9.79. The molecule has 1 fully saturated rings. The Kier molecular flexibility index (Phi) is 9.84. The first-order valence-corrected chi connectivity index (χ1v) is 11.8. The average molecular weight is 459 g/mol. The van der Waals surface area contributed by atoms with E-state index in [9.17, 15) is 19.5 Å². The van der Waals surface area contributed by atoms with E-state index in [2.05, 4.69) is 33.4 Å². The predicted molar refractivity (Wildman–Crippen MR) is 127 cm³/mol. The lowest BCUT2D eigenvalue weighted by atomic mass is 9.70. The van der Waals surface area contributed by atoms with E-state index in [1.807, 2.05) is 0 Å². The van der Waals surface area contributed by atoms with Crippen LogP contribution in [0.25, 0.3) is 0 Å². The van der Waals surface area contributed by atoms with Crippen LogP contribution in [0.5, 0.6) is 0 Å². The van der Waals surface area contributed by atoms with E-state index < -0.39 is 24.3 Å². The quantitative estimate of drug-likeness (QED) is 0.189. The number of ether oxygens (including phenoxy) is 2. The molecule has 6 heteroatoms. The van der Waals surface area contributed by atoms with Crippen molar-refractivity contribution < 1.29 is 29.0 Å². The van der Waals surface area contributed by atoms with Gasteiger partial charge in [-0.3, -0.25) is 9.59 Å². The van der Waals surface area contributed by atoms with Crippen molar-refractivity contribution in [2.75, 3.05) is 0 Å². The van der Waals surface area contributed by atoms with Gasteiger partial charge in [0.2, 0.25) is 0 Å². The van der Waals surface area contributed by atoms with Gasteiger partial charge in [-0.25, -0.2) is 4.79 Å². The van der Waals surface area contributed by atoms with Gasteiger partial charge in [0.05, 0.1) is 6.10 Å². The second-order valence-corrected chi connectivity index (χ2v) is 9.49. The molecule has 0 amide bonds. The monoisotopic (exact) mass is 458 g/mol. The van der Waals surface area contributed by atoms with Gasteiger partial charge in [0, 0.05) is 18.6 Å². The third-order valence-electron chi connectivity index (χ3n) is 7.14. The molecule has 2 rings (SSSR count). The van der Waals surface area contributed by atoms with E-state index in [4.69, 9.17) is 9.47 Å². The number of rotatable bonds is 12. The zero-order valence-corrected chi connectivity index (χ0v) is 20.4. The first kappa shape index (κ1) is 26.8. The summed E-state index contributed by atoms with van der Waals surface area (Å²) in [5, 5.41) is 10.4. The molecule has 182 valence electrons. The molecule has 1 aliphatic heterocycles. The number of carbonyl (C=O) groups is 3. The minimum atomic E-state index is -1.21. The third kappa shape index (κ3) is 7.26. The molecule has 0 radical (unpaired) electrons. The van der Waals surface area contributed by atoms with Crippen molar-refractivity contribution in [2.45, 2.75) is 91.5 Å². The molecule has 6 nitrogen and oxygen atoms in total. The maximum Gasteiger partial charge on any atom is 0.334 e. The Hall–Kier alpha value is -2.47. The predicted octanol–water partition coefficient (Wildman–Crippen LogP) is 5.12. The van der Waals surface area contributed by atoms with Crippen LogP contribution in [0, 0.1) is 11.3 Å². The third-order valence-corrected chi connectivity index (χ3v) is 7.14. The maximum atomic E-state index is 11.5. The number of hydrogen-bond donors (Lipinski definition) is 1. The maximum absolute atomic E-state index is 11.5. The Bertz CT molecular complexity index is 849. The van der Waals surface area contributed by atoms with Crippen LogP contribution in [-0.2, 0) is 23.9 Å². The molecule has 1 saturated carbocycles. The molecular formula is C27H38O6. The molecular weight excluding hydrogens is 420 g/mol. The highest BCUT2D eigenvalue weighted by Gasteiger charge is 2.40. The zero-order valence-electron chi connectivity index (χ0n) is 20.4. The van der Waals surface area contributed by atoms with Gasteiger partial charge < -0.3 is 14.6 Å². The highest BCUT2D eigenvalue weighted by Crippen LogP contribution is 2.51. The van der Waals surface area contributed by atoms with Crippen molar-refractivity contribution >= 4 is 18.2 Å². The molecule has 0 bridgehead atoms. The fourth-order valence-corrected chi connectivity index (χ4v) is 4.99. The highest BCUT2D eigenvalue weighted by atomic mass is 16.7. The van der Waals surface area contributed by atoms with Crippen LogP contribution in [0.15, 0.2) is 47.1 Å². The Morgan fingerprint density at radius 1 is 1.33 bits per heavy atom. The van der Waals surface area contributed by atoms with Crippen molar-refractivity contribution in [2.24, 2.45) is 11.3 Å². The van der Waals surface area contributed by atoms with Gasteiger partial charge in [0.25, 0.3) is 6.29 Å². The topological polar surface area (TPSA) is 89.9 Å². The molecule has 0 aromatic carbocycles. The lowest BCUT2D eigenvalue weighted by Gasteiger charge is -2.35. The molecule has 1 aliphatic carbocycles. The summed E-state index contributed by atoms with van der Waals surface area (Å²) in [5.41, 5.74) is 3.63. The largest absolute Gasteiger partial charge is 0.421 e. The summed E-state index contributed by atoms with van der Waals surface area (Å²) in [5.74, 6) is -0.610. The molecule has 1 N–H and O–H groups in total. The Morgan fingerprint density at radius 2 is 2.06 bits per heavy atom. The van der Waals surface area contributed by atoms with Crippen LogP contribution >= 0.6 is 0 Å². The van der Waals surface area contributed by atoms with Crippen molar-refractivity contribution in [3.8, 4) is 0 Å². The van der Waals surface area contributed by atoms with Gasteiger partial charge >= 0.3 is 11.9 Å². The highest BCUT2D eigenvalue weighted by molar-refractivity contribution is 5.86. The lowest BCUT2D eigenvalue weighted by molar-refractivity contribution is -0.173. The minimum Gasteiger partial charge on any atom is -0.421 e. The summed E-state index contributed by atoms with van der Waals surface area (Å²) in [6.45, 7) is 12.1. The second-order valence-electron chi connectivity index (χ2n) is 9.49. The zero-order chi connectivity index (χ0) is 24.6. The van der Waals surface area contributed by atoms with Gasteiger partial charge in [0.1, 0.15) is 6.29 Å². The Labute approximate surface area is 197 Å². The van der Waals surface area contributed by atoms with Gasteiger partial charge in [0.15, 0.2) is 0 Å². The first-order chi connectivity index (χ1) is 15.6. The van der Waals surface area contributed by atoms with E-state index in [0.717, 1.165) is 31.6 Å². The minimum absolute atomic E-state index is 0.121. The van der Waals surface area contributed by atoms with Crippen molar-refractivity contribution in [1.82, 2.24) is 0 Å². The van der Waals surface area contributed by atoms with E-state index in [1.54, 1.807) is 6.08 Å². The molecule has 0 saturated heterocycles. The number of cyclic esters (lactones) is 1. The number of allylic oxidation sites excluding steroid dienone is 4. The average Bonchev–Trinajstić information content (AvgIpc) is 3.30. The standard InChI is InChI=1S/C27H38O6/c1-18(2)27(14-7-9-20(27)4)15-13-19(3)8-6-10-22(17-28)11-12-24(30)23-16-25(31)33-26(23)32-21(5)29/h8,11,16-17,20,24,26,30H,1,6-7,9-10,12-15H2,2-5H3/t20-,24-,26-,27-/m1/s1. The van der Waals surface area contributed by atoms with E-state index >= 15 is 0 Å². The molecule has 1 heterocycles. The summed E-state index contributed by atoms with van der Waals surface area (Å²) >= 11 is 0. The van der Waals surface area contributed by atoms with Crippen molar-refractivity contribution in [3.05, 3.63) is 47.1 Å². The lowest BCUT2D eigenvalue weighted by Crippen LogP contribution is -2.25. The SMILES string of the molecule is C=C(C)[C@]1(CCC(C)=CCCC(C=O)=CC[C@@H](O)C2=CC(=O)O[C@H]2OC(C)=O)CCC[C@H]1C. The number of aliphatic hydroxyl groups excluding tert-OH is 1. The fourth-order valence-electron chi connectivity index (χ4n) is 4.99. The number of esters is 2. The normalized spacial score (nSPS) is 26.6. The van der Waals surface area contributed by atoms with Crippen LogP contribution in [0.4, 0.5) is 0 Å². The number of carbonyl (C=O) groups excluding carboxylic acids is 3. The number of hydrogen-bond acceptors (Lipinski definition) is 6. The summed E-state index contributed by atoms with van der Waals surface area (Å²) in [7, 11) is 0. The number of aliphatic hydroxyl groups is 1. The first-order valence-electron chi connectivity index (χ1n) is 11.8. The summed E-state index contributed by atoms with van der Waals surface area (Å²) in [6, 6.07) is 0. The van der Waals surface area contributed by atoms with Crippen LogP contribution in [0.2, 0.25) is 0 Å². The van der Waals surface area contributed by atoms with E-state index in [1.165, 1.54) is 37.3 Å². The molecule has 0 unspecified atom stereocenters. The molecule has 0 aromatic rings. The van der Waals surface area contributed by atoms with E-state index in [-0.39, 0.29) is 17.4 Å². The summed E-state index contributed by atoms with van der Waals surface area (Å²) in [6.07, 6.45) is 10.8. The molecule has 0 aromatic heterocycles. The smallest absolute Gasteiger partial charge is 0.334 e. The van der Waals surface area contributed by atoms with Crippen molar-refractivity contribution in [1.29, 1.82) is 0 Å². The molecule has 33 heavy (non-hydrogen) atoms.